The molecule has 0 radical (unpaired) electrons. The molecular formula is C28H58O2. The van der Waals surface area contributed by atoms with Gasteiger partial charge in [-0.15, -0.1) is 0 Å². The first-order chi connectivity index (χ1) is 14.7. The van der Waals surface area contributed by atoms with E-state index in [1.165, 1.54) is 103 Å². The summed E-state index contributed by atoms with van der Waals surface area (Å²) in [6.45, 7) is 12.9. The second-order valence-corrected chi connectivity index (χ2v) is 9.38. The Morgan fingerprint density at radius 1 is 0.467 bits per heavy atom. The summed E-state index contributed by atoms with van der Waals surface area (Å²) in [6, 6.07) is 0. The lowest BCUT2D eigenvalue weighted by molar-refractivity contribution is -0.272. The van der Waals surface area contributed by atoms with E-state index in [1.807, 2.05) is 0 Å². The van der Waals surface area contributed by atoms with E-state index < -0.39 is 0 Å². The Hall–Kier alpha value is -0.0800. The van der Waals surface area contributed by atoms with Crippen molar-refractivity contribution in [1.29, 1.82) is 0 Å². The van der Waals surface area contributed by atoms with Crippen LogP contribution in [0.5, 0.6) is 0 Å². The molecule has 182 valence electrons. The van der Waals surface area contributed by atoms with Crippen molar-refractivity contribution >= 4 is 0 Å². The van der Waals surface area contributed by atoms with E-state index in [4.69, 9.17) is 9.47 Å². The van der Waals surface area contributed by atoms with Gasteiger partial charge in [0.1, 0.15) is 0 Å². The molecular weight excluding hydrogens is 368 g/mol. The number of hydrogen-bond acceptors (Lipinski definition) is 2. The van der Waals surface area contributed by atoms with Crippen molar-refractivity contribution in [3.63, 3.8) is 0 Å². The molecule has 0 aromatic carbocycles. The molecule has 0 aliphatic carbocycles. The zero-order valence-corrected chi connectivity index (χ0v) is 21.7. The minimum Gasteiger partial charge on any atom is -0.350 e. The molecule has 0 heterocycles. The van der Waals surface area contributed by atoms with Gasteiger partial charge in [-0.1, -0.05) is 125 Å². The van der Waals surface area contributed by atoms with E-state index in [9.17, 15) is 0 Å². The van der Waals surface area contributed by atoms with Gasteiger partial charge < -0.3 is 9.47 Å². The van der Waals surface area contributed by atoms with E-state index in [2.05, 4.69) is 34.6 Å². The standard InChI is InChI=1S/C28H58O2/c1-6-11-13-15-17-18-20-22-24-27(23-21-19-16-14-12-7-2)28(10-5,29-25-8-3)30-26-9-4/h27H,6-26H2,1-5H3. The summed E-state index contributed by atoms with van der Waals surface area (Å²) in [4.78, 5) is 0. The molecule has 2 heteroatoms. The lowest BCUT2D eigenvalue weighted by Crippen LogP contribution is -2.44. The van der Waals surface area contributed by atoms with Gasteiger partial charge in [-0.25, -0.2) is 0 Å². The number of rotatable bonds is 24. The van der Waals surface area contributed by atoms with Crippen LogP contribution in [-0.2, 0) is 9.47 Å². The Balaban J connectivity index is 4.69. The predicted molar refractivity (Wildman–Crippen MR) is 134 cm³/mol. The Labute approximate surface area is 191 Å². The summed E-state index contributed by atoms with van der Waals surface area (Å²) in [5.41, 5.74) is 0. The van der Waals surface area contributed by atoms with Crippen LogP contribution < -0.4 is 0 Å². The summed E-state index contributed by atoms with van der Waals surface area (Å²) in [6.07, 6.45) is 25.0. The van der Waals surface area contributed by atoms with E-state index in [1.54, 1.807) is 0 Å². The molecule has 2 nitrogen and oxygen atoms in total. The van der Waals surface area contributed by atoms with Gasteiger partial charge in [0, 0.05) is 19.1 Å². The fourth-order valence-electron chi connectivity index (χ4n) is 4.60. The van der Waals surface area contributed by atoms with Gasteiger partial charge in [0.25, 0.3) is 0 Å². The van der Waals surface area contributed by atoms with Crippen molar-refractivity contribution in [2.45, 2.75) is 162 Å². The Morgan fingerprint density at radius 3 is 1.17 bits per heavy atom. The van der Waals surface area contributed by atoms with Crippen LogP contribution in [0.1, 0.15) is 157 Å². The van der Waals surface area contributed by atoms with Crippen molar-refractivity contribution in [1.82, 2.24) is 0 Å². The average molecular weight is 427 g/mol. The lowest BCUT2D eigenvalue weighted by atomic mass is 9.85. The number of hydrogen-bond donors (Lipinski definition) is 0. The van der Waals surface area contributed by atoms with Crippen molar-refractivity contribution < 1.29 is 9.47 Å². The Bertz CT molecular complexity index is 321. The SMILES string of the molecule is CCCCCCCCCCC(CCCCCCCC)C(CC)(OCCC)OCCC. The normalized spacial score (nSPS) is 13.1. The van der Waals surface area contributed by atoms with Crippen LogP contribution >= 0.6 is 0 Å². The highest BCUT2D eigenvalue weighted by atomic mass is 16.7. The van der Waals surface area contributed by atoms with Gasteiger partial charge in [-0.2, -0.15) is 0 Å². The minimum absolute atomic E-state index is 0.351. The molecule has 0 spiro atoms. The van der Waals surface area contributed by atoms with Gasteiger partial charge in [-0.05, 0) is 32.1 Å². The van der Waals surface area contributed by atoms with Crippen LogP contribution in [-0.4, -0.2) is 19.0 Å². The summed E-state index contributed by atoms with van der Waals surface area (Å²) in [7, 11) is 0. The first kappa shape index (κ1) is 29.9. The van der Waals surface area contributed by atoms with E-state index >= 15 is 0 Å². The molecule has 1 unspecified atom stereocenters. The van der Waals surface area contributed by atoms with E-state index in [0.717, 1.165) is 32.5 Å². The molecule has 0 rings (SSSR count). The topological polar surface area (TPSA) is 18.5 Å². The highest BCUT2D eigenvalue weighted by molar-refractivity contribution is 4.80. The molecule has 0 aliphatic heterocycles. The van der Waals surface area contributed by atoms with Crippen LogP contribution in [0, 0.1) is 5.92 Å². The third-order valence-corrected chi connectivity index (χ3v) is 6.53. The quantitative estimate of drug-likeness (QED) is 0.113. The smallest absolute Gasteiger partial charge is 0.170 e. The molecule has 0 amide bonds. The summed E-state index contributed by atoms with van der Waals surface area (Å²) in [5, 5.41) is 0. The van der Waals surface area contributed by atoms with Gasteiger partial charge in [0.2, 0.25) is 0 Å². The number of ether oxygens (including phenoxy) is 2. The lowest BCUT2D eigenvalue weighted by Gasteiger charge is -2.40. The second-order valence-electron chi connectivity index (χ2n) is 9.38. The maximum atomic E-state index is 6.49. The third kappa shape index (κ3) is 14.8. The molecule has 0 aromatic rings. The molecule has 0 N–H and O–H groups in total. The van der Waals surface area contributed by atoms with Crippen molar-refractivity contribution in [3.8, 4) is 0 Å². The van der Waals surface area contributed by atoms with Crippen LogP contribution in [0.3, 0.4) is 0 Å². The van der Waals surface area contributed by atoms with Crippen molar-refractivity contribution in [2.24, 2.45) is 5.92 Å². The zero-order valence-electron chi connectivity index (χ0n) is 21.7. The zero-order chi connectivity index (χ0) is 22.3. The molecule has 0 fully saturated rings. The van der Waals surface area contributed by atoms with Gasteiger partial charge in [-0.3, -0.25) is 0 Å². The van der Waals surface area contributed by atoms with Crippen LogP contribution in [0.15, 0.2) is 0 Å². The molecule has 0 aliphatic rings. The maximum Gasteiger partial charge on any atom is 0.170 e. The predicted octanol–water partition coefficient (Wildman–Crippen LogP) is 9.84. The van der Waals surface area contributed by atoms with Gasteiger partial charge in [0.15, 0.2) is 5.79 Å². The van der Waals surface area contributed by atoms with Gasteiger partial charge in [0.05, 0.1) is 0 Å². The van der Waals surface area contributed by atoms with Crippen LogP contribution in [0.4, 0.5) is 0 Å². The Kier molecular flexibility index (Phi) is 22.1. The Morgan fingerprint density at radius 2 is 0.833 bits per heavy atom. The first-order valence-corrected chi connectivity index (χ1v) is 14.0. The molecule has 0 aromatic heterocycles. The molecule has 1 atom stereocenters. The fourth-order valence-corrected chi connectivity index (χ4v) is 4.60. The fraction of sp³-hybridized carbons (Fsp3) is 1.00. The number of unbranched alkanes of at least 4 members (excludes halogenated alkanes) is 12. The molecule has 0 bridgehead atoms. The summed E-state index contributed by atoms with van der Waals surface area (Å²) < 4.78 is 13.0. The average Bonchev–Trinajstić information content (AvgIpc) is 2.77. The third-order valence-electron chi connectivity index (χ3n) is 6.53. The van der Waals surface area contributed by atoms with E-state index in [-0.39, 0.29) is 5.79 Å². The maximum absolute atomic E-state index is 6.49. The summed E-state index contributed by atoms with van der Waals surface area (Å²) in [5.74, 6) is 0.197. The van der Waals surface area contributed by atoms with Crippen LogP contribution in [0.25, 0.3) is 0 Å². The van der Waals surface area contributed by atoms with Crippen molar-refractivity contribution in [3.05, 3.63) is 0 Å². The summed E-state index contributed by atoms with van der Waals surface area (Å²) >= 11 is 0. The molecule has 0 saturated carbocycles. The minimum atomic E-state index is -0.351. The highest BCUT2D eigenvalue weighted by Crippen LogP contribution is 2.36. The molecule has 0 saturated heterocycles. The second kappa shape index (κ2) is 22.1. The van der Waals surface area contributed by atoms with Gasteiger partial charge >= 0.3 is 0 Å². The van der Waals surface area contributed by atoms with Crippen LogP contribution in [0.2, 0.25) is 0 Å². The van der Waals surface area contributed by atoms with Crippen molar-refractivity contribution in [2.75, 3.05) is 13.2 Å². The first-order valence-electron chi connectivity index (χ1n) is 14.0. The van der Waals surface area contributed by atoms with E-state index in [0.29, 0.717) is 5.92 Å². The highest BCUT2D eigenvalue weighted by Gasteiger charge is 2.38. The monoisotopic (exact) mass is 426 g/mol. The molecule has 30 heavy (non-hydrogen) atoms. The largest absolute Gasteiger partial charge is 0.350 e.